The molecular weight excluding hydrogens is 254 g/mol. The number of hydrogen-bond donors (Lipinski definition) is 1. The third-order valence-electron chi connectivity index (χ3n) is 3.61. The molecule has 0 aromatic carbocycles. The molecule has 0 radical (unpaired) electrons. The standard InChI is InChI=1S/C15H23N3O2/c1-2-12(16)9-13-5-6-14(10-17-13)20-11-15(19)18-7-3-4-8-18/h5-6,10,12H,2-4,7-9,11,16H2,1H3. The molecular formula is C15H23N3O2. The van der Waals surface area contributed by atoms with Crippen molar-refractivity contribution in [1.82, 2.24) is 9.88 Å². The van der Waals surface area contributed by atoms with Crippen LogP contribution in [0.2, 0.25) is 0 Å². The summed E-state index contributed by atoms with van der Waals surface area (Å²) in [4.78, 5) is 18.0. The topological polar surface area (TPSA) is 68.5 Å². The summed E-state index contributed by atoms with van der Waals surface area (Å²) >= 11 is 0. The minimum atomic E-state index is 0.0552. The Morgan fingerprint density at radius 1 is 1.45 bits per heavy atom. The van der Waals surface area contributed by atoms with Crippen LogP contribution in [0.4, 0.5) is 0 Å². The maximum Gasteiger partial charge on any atom is 0.260 e. The van der Waals surface area contributed by atoms with E-state index in [0.29, 0.717) is 5.75 Å². The molecule has 1 aromatic rings. The van der Waals surface area contributed by atoms with Crippen LogP contribution in [0.1, 0.15) is 31.9 Å². The van der Waals surface area contributed by atoms with Crippen LogP contribution in [-0.2, 0) is 11.2 Å². The number of nitrogens with zero attached hydrogens (tertiary/aromatic N) is 2. The summed E-state index contributed by atoms with van der Waals surface area (Å²) in [6.07, 6.45) is 5.56. The van der Waals surface area contributed by atoms with Gasteiger partial charge in [-0.1, -0.05) is 6.92 Å². The summed E-state index contributed by atoms with van der Waals surface area (Å²) in [5.41, 5.74) is 6.85. The Hall–Kier alpha value is -1.62. The van der Waals surface area contributed by atoms with E-state index in [0.717, 1.165) is 44.5 Å². The predicted octanol–water partition coefficient (Wildman–Crippen LogP) is 1.36. The lowest BCUT2D eigenvalue weighted by atomic mass is 10.1. The highest BCUT2D eigenvalue weighted by Crippen LogP contribution is 2.12. The first-order valence-corrected chi connectivity index (χ1v) is 7.30. The predicted molar refractivity (Wildman–Crippen MR) is 77.5 cm³/mol. The van der Waals surface area contributed by atoms with Crippen LogP contribution < -0.4 is 10.5 Å². The van der Waals surface area contributed by atoms with Crippen molar-refractivity contribution < 1.29 is 9.53 Å². The van der Waals surface area contributed by atoms with Crippen molar-refractivity contribution in [2.24, 2.45) is 5.73 Å². The van der Waals surface area contributed by atoms with E-state index >= 15 is 0 Å². The monoisotopic (exact) mass is 277 g/mol. The molecule has 0 aliphatic carbocycles. The molecule has 1 aliphatic rings. The van der Waals surface area contributed by atoms with Gasteiger partial charge in [-0.2, -0.15) is 0 Å². The van der Waals surface area contributed by atoms with Crippen LogP contribution in [0, 0.1) is 0 Å². The number of carbonyl (C=O) groups is 1. The van der Waals surface area contributed by atoms with Crippen molar-refractivity contribution in [1.29, 1.82) is 0 Å². The lowest BCUT2D eigenvalue weighted by Crippen LogP contribution is -2.32. The summed E-state index contributed by atoms with van der Waals surface area (Å²) in [5, 5.41) is 0. The van der Waals surface area contributed by atoms with Crippen LogP contribution in [0.5, 0.6) is 5.75 Å². The first-order valence-electron chi connectivity index (χ1n) is 7.30. The Labute approximate surface area is 120 Å². The number of carbonyl (C=O) groups excluding carboxylic acids is 1. The van der Waals surface area contributed by atoms with Crippen LogP contribution in [0.15, 0.2) is 18.3 Å². The van der Waals surface area contributed by atoms with Gasteiger partial charge in [-0.05, 0) is 31.4 Å². The number of hydrogen-bond acceptors (Lipinski definition) is 4. The van der Waals surface area contributed by atoms with Crippen LogP contribution in [0.25, 0.3) is 0 Å². The number of aromatic nitrogens is 1. The van der Waals surface area contributed by atoms with Gasteiger partial charge in [-0.25, -0.2) is 0 Å². The van der Waals surface area contributed by atoms with Crippen LogP contribution in [0.3, 0.4) is 0 Å². The fraction of sp³-hybridized carbons (Fsp3) is 0.600. The molecule has 2 heterocycles. The van der Waals surface area contributed by atoms with Crippen molar-refractivity contribution >= 4 is 5.91 Å². The van der Waals surface area contributed by atoms with E-state index in [1.54, 1.807) is 6.20 Å². The zero-order valence-corrected chi connectivity index (χ0v) is 12.0. The van der Waals surface area contributed by atoms with E-state index in [-0.39, 0.29) is 18.6 Å². The largest absolute Gasteiger partial charge is 0.482 e. The Morgan fingerprint density at radius 2 is 2.20 bits per heavy atom. The highest BCUT2D eigenvalue weighted by Gasteiger charge is 2.18. The summed E-state index contributed by atoms with van der Waals surface area (Å²) < 4.78 is 5.48. The van der Waals surface area contributed by atoms with E-state index in [1.165, 1.54) is 0 Å². The molecule has 2 rings (SSSR count). The SMILES string of the molecule is CCC(N)Cc1ccc(OCC(=O)N2CCCC2)cn1. The zero-order chi connectivity index (χ0) is 14.4. The Balaban J connectivity index is 1.79. The number of rotatable bonds is 6. The van der Waals surface area contributed by atoms with Gasteiger partial charge in [-0.15, -0.1) is 0 Å². The summed E-state index contributed by atoms with van der Waals surface area (Å²) in [6.45, 7) is 3.87. The molecule has 110 valence electrons. The first kappa shape index (κ1) is 14.8. The molecule has 20 heavy (non-hydrogen) atoms. The van der Waals surface area contributed by atoms with E-state index in [2.05, 4.69) is 11.9 Å². The molecule has 0 saturated carbocycles. The van der Waals surface area contributed by atoms with Crippen molar-refractivity contribution in [2.45, 2.75) is 38.6 Å². The fourth-order valence-corrected chi connectivity index (χ4v) is 2.23. The minimum absolute atomic E-state index is 0.0552. The summed E-state index contributed by atoms with van der Waals surface area (Å²) in [5.74, 6) is 0.686. The first-order chi connectivity index (χ1) is 9.69. The lowest BCUT2D eigenvalue weighted by molar-refractivity contribution is -0.132. The van der Waals surface area contributed by atoms with Crippen molar-refractivity contribution in [3.8, 4) is 5.75 Å². The maximum atomic E-state index is 11.8. The molecule has 2 N–H and O–H groups in total. The third kappa shape index (κ3) is 4.20. The van der Waals surface area contributed by atoms with Gasteiger partial charge >= 0.3 is 0 Å². The molecule has 1 atom stereocenters. The van der Waals surface area contributed by atoms with Gasteiger partial charge in [0.15, 0.2) is 6.61 Å². The number of pyridine rings is 1. The van der Waals surface area contributed by atoms with E-state index in [1.807, 2.05) is 17.0 Å². The van der Waals surface area contributed by atoms with Gasteiger partial charge in [0.2, 0.25) is 0 Å². The molecule has 1 amide bonds. The van der Waals surface area contributed by atoms with Crippen molar-refractivity contribution in [3.05, 3.63) is 24.0 Å². The van der Waals surface area contributed by atoms with Crippen molar-refractivity contribution in [2.75, 3.05) is 19.7 Å². The summed E-state index contributed by atoms with van der Waals surface area (Å²) in [7, 11) is 0. The summed E-state index contributed by atoms with van der Waals surface area (Å²) in [6, 6.07) is 3.90. The van der Waals surface area contributed by atoms with Gasteiger partial charge in [0, 0.05) is 31.2 Å². The highest BCUT2D eigenvalue weighted by molar-refractivity contribution is 5.77. The van der Waals surface area contributed by atoms with Crippen LogP contribution >= 0.6 is 0 Å². The quantitative estimate of drug-likeness (QED) is 0.852. The zero-order valence-electron chi connectivity index (χ0n) is 12.0. The molecule has 1 aliphatic heterocycles. The van der Waals surface area contributed by atoms with Gasteiger partial charge < -0.3 is 15.4 Å². The maximum absolute atomic E-state index is 11.8. The van der Waals surface area contributed by atoms with E-state index in [9.17, 15) is 4.79 Å². The third-order valence-corrected chi connectivity index (χ3v) is 3.61. The van der Waals surface area contributed by atoms with E-state index < -0.39 is 0 Å². The second-order valence-corrected chi connectivity index (χ2v) is 5.23. The molecule has 1 fully saturated rings. The molecule has 1 aromatic heterocycles. The smallest absolute Gasteiger partial charge is 0.260 e. The van der Waals surface area contributed by atoms with Gasteiger partial charge in [-0.3, -0.25) is 9.78 Å². The lowest BCUT2D eigenvalue weighted by Gasteiger charge is -2.15. The average molecular weight is 277 g/mol. The minimum Gasteiger partial charge on any atom is -0.482 e. The number of nitrogens with two attached hydrogens (primary N) is 1. The Bertz CT molecular complexity index is 427. The normalized spacial score (nSPS) is 16.2. The molecule has 1 unspecified atom stereocenters. The molecule has 5 heteroatoms. The van der Waals surface area contributed by atoms with Crippen LogP contribution in [-0.4, -0.2) is 41.5 Å². The van der Waals surface area contributed by atoms with Gasteiger partial charge in [0.25, 0.3) is 5.91 Å². The Morgan fingerprint density at radius 3 is 2.80 bits per heavy atom. The van der Waals surface area contributed by atoms with Gasteiger partial charge in [0.05, 0.1) is 6.20 Å². The number of ether oxygens (including phenoxy) is 1. The number of likely N-dealkylation sites (tertiary alicyclic amines) is 1. The highest BCUT2D eigenvalue weighted by atomic mass is 16.5. The van der Waals surface area contributed by atoms with E-state index in [4.69, 9.17) is 10.5 Å². The second kappa shape index (κ2) is 7.24. The van der Waals surface area contributed by atoms with Crippen molar-refractivity contribution in [3.63, 3.8) is 0 Å². The fourth-order valence-electron chi connectivity index (χ4n) is 2.23. The average Bonchev–Trinajstić information content (AvgIpc) is 3.00. The molecule has 0 spiro atoms. The molecule has 0 bridgehead atoms. The van der Waals surface area contributed by atoms with Gasteiger partial charge in [0.1, 0.15) is 5.75 Å². The second-order valence-electron chi connectivity index (χ2n) is 5.23. The molecule has 5 nitrogen and oxygen atoms in total. The Kier molecular flexibility index (Phi) is 5.35. The molecule has 1 saturated heterocycles. The number of amides is 1.